The molecular weight excluding hydrogens is 329 g/mol. The van der Waals surface area contributed by atoms with Crippen LogP contribution in [0.15, 0.2) is 60.7 Å². The van der Waals surface area contributed by atoms with Crippen LogP contribution >= 0.6 is 0 Å². The Kier molecular flexibility index (Phi) is 6.51. The summed E-state index contributed by atoms with van der Waals surface area (Å²) in [5.74, 6) is 1.60. The average molecular weight is 350 g/mol. The van der Waals surface area contributed by atoms with Gasteiger partial charge in [0.25, 0.3) is 0 Å². The highest BCUT2D eigenvalue weighted by Gasteiger charge is 2.30. The predicted octanol–water partition coefficient (Wildman–Crippen LogP) is 6.62. The van der Waals surface area contributed by atoms with E-state index in [9.17, 15) is 13.2 Å². The van der Waals surface area contributed by atoms with Gasteiger partial charge in [-0.2, -0.15) is 13.2 Å². The van der Waals surface area contributed by atoms with E-state index in [1.54, 1.807) is 24.3 Å². The molecule has 0 fully saturated rings. The molecule has 134 valence electrons. The summed E-state index contributed by atoms with van der Waals surface area (Å²) in [7, 11) is 0. The molecule has 2 aromatic carbocycles. The van der Waals surface area contributed by atoms with Crippen molar-refractivity contribution in [2.45, 2.75) is 39.0 Å². The molecule has 0 aliphatic carbocycles. The fraction of sp³-hybridized carbons (Fsp3) is 0.300. The maximum absolute atomic E-state index is 12.5. The lowest BCUT2D eigenvalue weighted by Crippen LogP contribution is -2.12. The first-order valence-corrected chi connectivity index (χ1v) is 8.17. The first-order chi connectivity index (χ1) is 11.9. The molecule has 0 bridgehead atoms. The lowest BCUT2D eigenvalue weighted by atomic mass is 10.2. The molecule has 0 N–H and O–H groups in total. The van der Waals surface area contributed by atoms with Crippen molar-refractivity contribution < 1.29 is 22.6 Å². The summed E-state index contributed by atoms with van der Waals surface area (Å²) in [6.07, 6.45) is 1.59. The molecule has 0 heterocycles. The van der Waals surface area contributed by atoms with Crippen LogP contribution in [0.5, 0.6) is 17.2 Å². The third-order valence-corrected chi connectivity index (χ3v) is 3.51. The monoisotopic (exact) mass is 350 g/mol. The number of ether oxygens (including phenoxy) is 2. The van der Waals surface area contributed by atoms with Gasteiger partial charge >= 0.3 is 6.18 Å². The molecule has 0 aliphatic heterocycles. The highest BCUT2D eigenvalue weighted by atomic mass is 19.4. The predicted molar refractivity (Wildman–Crippen MR) is 92.1 cm³/mol. The van der Waals surface area contributed by atoms with Gasteiger partial charge in [-0.1, -0.05) is 19.4 Å². The fourth-order valence-electron chi connectivity index (χ4n) is 2.30. The van der Waals surface area contributed by atoms with E-state index in [-0.39, 0.29) is 6.10 Å². The Morgan fingerprint density at radius 1 is 0.920 bits per heavy atom. The second-order valence-corrected chi connectivity index (χ2v) is 5.57. The van der Waals surface area contributed by atoms with Crippen LogP contribution in [0.2, 0.25) is 0 Å². The number of allylic oxidation sites excluding steroid dienone is 1. The van der Waals surface area contributed by atoms with Crippen molar-refractivity contribution in [1.82, 2.24) is 0 Å². The number of alkyl halides is 3. The SMILES string of the molecule is CC=CC(CCC)Oc1ccc(Oc2ccc(C(F)(F)F)cc2)cc1. The summed E-state index contributed by atoms with van der Waals surface area (Å²) in [6.45, 7) is 4.05. The molecule has 0 aliphatic rings. The summed E-state index contributed by atoms with van der Waals surface area (Å²) >= 11 is 0. The van der Waals surface area contributed by atoms with Crippen molar-refractivity contribution >= 4 is 0 Å². The van der Waals surface area contributed by atoms with Crippen LogP contribution in [0, 0.1) is 0 Å². The number of halogens is 3. The van der Waals surface area contributed by atoms with Gasteiger partial charge in [-0.05, 0) is 68.0 Å². The minimum atomic E-state index is -4.35. The third-order valence-electron chi connectivity index (χ3n) is 3.51. The van der Waals surface area contributed by atoms with Gasteiger partial charge in [0, 0.05) is 0 Å². The van der Waals surface area contributed by atoms with Crippen LogP contribution in [0.25, 0.3) is 0 Å². The lowest BCUT2D eigenvalue weighted by Gasteiger charge is -2.15. The third kappa shape index (κ3) is 5.85. The zero-order chi connectivity index (χ0) is 18.3. The molecule has 2 aromatic rings. The van der Waals surface area contributed by atoms with Gasteiger partial charge in [-0.15, -0.1) is 0 Å². The van der Waals surface area contributed by atoms with Crippen LogP contribution in [0.1, 0.15) is 32.3 Å². The van der Waals surface area contributed by atoms with E-state index in [1.807, 2.05) is 19.1 Å². The molecule has 2 rings (SSSR count). The average Bonchev–Trinajstić information content (AvgIpc) is 2.57. The zero-order valence-corrected chi connectivity index (χ0v) is 14.2. The number of benzene rings is 2. The molecule has 0 saturated carbocycles. The van der Waals surface area contributed by atoms with Crippen molar-refractivity contribution in [2.75, 3.05) is 0 Å². The Bertz CT molecular complexity index is 674. The molecule has 5 heteroatoms. The van der Waals surface area contributed by atoms with E-state index in [0.29, 0.717) is 11.5 Å². The molecule has 0 radical (unpaired) electrons. The highest BCUT2D eigenvalue weighted by molar-refractivity contribution is 5.37. The van der Waals surface area contributed by atoms with Gasteiger partial charge in [-0.3, -0.25) is 0 Å². The normalized spacial score (nSPS) is 13.0. The van der Waals surface area contributed by atoms with E-state index in [1.165, 1.54) is 12.1 Å². The lowest BCUT2D eigenvalue weighted by molar-refractivity contribution is -0.137. The van der Waals surface area contributed by atoms with Crippen molar-refractivity contribution in [1.29, 1.82) is 0 Å². The first kappa shape index (κ1) is 18.9. The van der Waals surface area contributed by atoms with Crippen LogP contribution in [-0.4, -0.2) is 6.10 Å². The van der Waals surface area contributed by atoms with Gasteiger partial charge in [0.15, 0.2) is 0 Å². The molecule has 0 saturated heterocycles. The smallest absolute Gasteiger partial charge is 0.416 e. The van der Waals surface area contributed by atoms with E-state index < -0.39 is 11.7 Å². The van der Waals surface area contributed by atoms with Crippen molar-refractivity contribution in [2.24, 2.45) is 0 Å². The molecule has 2 nitrogen and oxygen atoms in total. The molecule has 0 spiro atoms. The Hall–Kier alpha value is -2.43. The summed E-state index contributed by atoms with van der Waals surface area (Å²) in [6, 6.07) is 11.6. The van der Waals surface area contributed by atoms with Crippen LogP contribution in [-0.2, 0) is 6.18 Å². The Morgan fingerprint density at radius 2 is 1.44 bits per heavy atom. The highest BCUT2D eigenvalue weighted by Crippen LogP contribution is 2.31. The maximum Gasteiger partial charge on any atom is 0.416 e. The molecule has 1 atom stereocenters. The van der Waals surface area contributed by atoms with Gasteiger partial charge < -0.3 is 9.47 Å². The number of rotatable bonds is 7. The minimum absolute atomic E-state index is 0.0247. The number of hydrogen-bond acceptors (Lipinski definition) is 2. The quantitative estimate of drug-likeness (QED) is 0.522. The van der Waals surface area contributed by atoms with E-state index in [2.05, 4.69) is 6.92 Å². The minimum Gasteiger partial charge on any atom is -0.486 e. The molecular formula is C20H21F3O2. The van der Waals surface area contributed by atoms with Gasteiger partial charge in [0.05, 0.1) is 5.56 Å². The first-order valence-electron chi connectivity index (χ1n) is 8.17. The largest absolute Gasteiger partial charge is 0.486 e. The number of hydrogen-bond donors (Lipinski definition) is 0. The zero-order valence-electron chi connectivity index (χ0n) is 14.2. The van der Waals surface area contributed by atoms with Gasteiger partial charge in [-0.25, -0.2) is 0 Å². The summed E-state index contributed by atoms with van der Waals surface area (Å²) in [5, 5.41) is 0. The maximum atomic E-state index is 12.5. The Morgan fingerprint density at radius 3 is 1.92 bits per heavy atom. The molecule has 25 heavy (non-hydrogen) atoms. The molecule has 1 unspecified atom stereocenters. The molecule has 0 amide bonds. The van der Waals surface area contributed by atoms with Crippen molar-refractivity contribution in [3.63, 3.8) is 0 Å². The van der Waals surface area contributed by atoms with E-state index in [0.717, 1.165) is 30.7 Å². The van der Waals surface area contributed by atoms with Crippen LogP contribution < -0.4 is 9.47 Å². The summed E-state index contributed by atoms with van der Waals surface area (Å²) in [4.78, 5) is 0. The Balaban J connectivity index is 2.00. The van der Waals surface area contributed by atoms with E-state index in [4.69, 9.17) is 9.47 Å². The standard InChI is InChI=1S/C20H21F3O2/c1-3-5-16(6-4-2)24-18-11-13-19(14-12-18)25-17-9-7-15(8-10-17)20(21,22)23/h3,5,7-14,16H,4,6H2,1-2H3. The van der Waals surface area contributed by atoms with Crippen molar-refractivity contribution in [3.05, 3.63) is 66.2 Å². The second-order valence-electron chi connectivity index (χ2n) is 5.57. The van der Waals surface area contributed by atoms with Crippen LogP contribution in [0.4, 0.5) is 13.2 Å². The van der Waals surface area contributed by atoms with Gasteiger partial charge in [0.2, 0.25) is 0 Å². The topological polar surface area (TPSA) is 18.5 Å². The Labute approximate surface area is 145 Å². The summed E-state index contributed by atoms with van der Waals surface area (Å²) in [5.41, 5.74) is -0.699. The second kappa shape index (κ2) is 8.60. The van der Waals surface area contributed by atoms with Crippen LogP contribution in [0.3, 0.4) is 0 Å². The fourth-order valence-corrected chi connectivity index (χ4v) is 2.30. The van der Waals surface area contributed by atoms with Crippen molar-refractivity contribution in [3.8, 4) is 17.2 Å². The van der Waals surface area contributed by atoms with Gasteiger partial charge in [0.1, 0.15) is 23.4 Å². The molecule has 0 aromatic heterocycles. The van der Waals surface area contributed by atoms with E-state index >= 15 is 0 Å². The summed E-state index contributed by atoms with van der Waals surface area (Å²) < 4.78 is 49.1.